The summed E-state index contributed by atoms with van der Waals surface area (Å²) in [4.78, 5) is 60.2. The zero-order chi connectivity index (χ0) is 25.7. The number of primary amides is 1. The number of carboxylic acids is 1. The van der Waals surface area contributed by atoms with E-state index in [4.69, 9.17) is 11.5 Å². The number of hydrogen-bond donors (Lipinski definition) is 7. The molecule has 0 heterocycles. The summed E-state index contributed by atoms with van der Waals surface area (Å²) >= 11 is 1.42. The number of thioether (sulfide) groups is 1. The molecule has 9 N–H and O–H groups in total. The number of benzene rings is 1. The maximum Gasteiger partial charge on any atom is 0.326 e. The largest absolute Gasteiger partial charge is 0.508 e. The molecule has 12 nitrogen and oxygen atoms in total. The average Bonchev–Trinajstić information content (AvgIpc) is 2.79. The Labute approximate surface area is 201 Å². The van der Waals surface area contributed by atoms with Gasteiger partial charge in [-0.25, -0.2) is 4.79 Å². The molecule has 4 amide bonds. The molecule has 1 aromatic rings. The fourth-order valence-electron chi connectivity index (χ4n) is 2.93. The predicted octanol–water partition coefficient (Wildman–Crippen LogP) is -1.55. The van der Waals surface area contributed by atoms with Crippen molar-refractivity contribution >= 4 is 41.4 Å². The minimum Gasteiger partial charge on any atom is -0.508 e. The van der Waals surface area contributed by atoms with Crippen molar-refractivity contribution in [3.8, 4) is 5.75 Å². The highest BCUT2D eigenvalue weighted by Crippen LogP contribution is 2.12. The van der Waals surface area contributed by atoms with E-state index < -0.39 is 47.7 Å². The monoisotopic (exact) mass is 497 g/mol. The van der Waals surface area contributed by atoms with E-state index in [-0.39, 0.29) is 38.0 Å². The number of amides is 4. The summed E-state index contributed by atoms with van der Waals surface area (Å²) < 4.78 is 0. The third-order valence-electron chi connectivity index (χ3n) is 4.75. The van der Waals surface area contributed by atoms with Gasteiger partial charge in [0.1, 0.15) is 23.9 Å². The van der Waals surface area contributed by atoms with Crippen LogP contribution in [0, 0.1) is 0 Å². The molecule has 34 heavy (non-hydrogen) atoms. The van der Waals surface area contributed by atoms with Crippen LogP contribution in [0.4, 0.5) is 0 Å². The van der Waals surface area contributed by atoms with E-state index in [0.29, 0.717) is 11.3 Å². The maximum absolute atomic E-state index is 12.9. The number of phenols is 1. The van der Waals surface area contributed by atoms with E-state index >= 15 is 0 Å². The zero-order valence-electron chi connectivity index (χ0n) is 18.8. The summed E-state index contributed by atoms with van der Waals surface area (Å²) in [5, 5.41) is 26.3. The molecule has 0 spiro atoms. The van der Waals surface area contributed by atoms with Crippen LogP contribution in [0.5, 0.6) is 5.75 Å². The summed E-state index contributed by atoms with van der Waals surface area (Å²) in [5.74, 6) is -3.51. The lowest BCUT2D eigenvalue weighted by Gasteiger charge is -2.24. The molecule has 13 heteroatoms. The number of rotatable bonds is 15. The van der Waals surface area contributed by atoms with E-state index in [1.807, 2.05) is 0 Å². The molecule has 1 aromatic carbocycles. The molecular weight excluding hydrogens is 466 g/mol. The first-order chi connectivity index (χ1) is 16.1. The van der Waals surface area contributed by atoms with Crippen LogP contribution in [0.3, 0.4) is 0 Å². The molecule has 0 aliphatic heterocycles. The summed E-state index contributed by atoms with van der Waals surface area (Å²) in [6, 6.07) is 2.35. The first kappa shape index (κ1) is 28.7. The molecule has 3 atom stereocenters. The zero-order valence-corrected chi connectivity index (χ0v) is 19.6. The van der Waals surface area contributed by atoms with E-state index in [1.54, 1.807) is 6.26 Å². The lowest BCUT2D eigenvalue weighted by molar-refractivity contribution is -0.142. The van der Waals surface area contributed by atoms with Crippen LogP contribution in [0.1, 0.15) is 24.8 Å². The van der Waals surface area contributed by atoms with Gasteiger partial charge in [-0.05, 0) is 42.5 Å². The molecule has 0 fully saturated rings. The van der Waals surface area contributed by atoms with Gasteiger partial charge < -0.3 is 37.6 Å². The summed E-state index contributed by atoms with van der Waals surface area (Å²) in [6.07, 6.45) is 1.68. The molecule has 0 saturated carbocycles. The van der Waals surface area contributed by atoms with E-state index in [2.05, 4.69) is 16.0 Å². The van der Waals surface area contributed by atoms with Crippen molar-refractivity contribution in [2.24, 2.45) is 11.5 Å². The topological polar surface area (TPSA) is 214 Å². The fourth-order valence-corrected chi connectivity index (χ4v) is 3.40. The molecule has 0 radical (unpaired) electrons. The van der Waals surface area contributed by atoms with Crippen LogP contribution in [-0.4, -0.2) is 76.5 Å². The van der Waals surface area contributed by atoms with Crippen molar-refractivity contribution in [1.82, 2.24) is 16.0 Å². The van der Waals surface area contributed by atoms with E-state index in [9.17, 15) is 34.2 Å². The molecule has 0 aliphatic rings. The molecule has 0 aromatic heterocycles. The number of carbonyl (C=O) groups excluding carboxylic acids is 4. The number of aromatic hydroxyl groups is 1. The minimum atomic E-state index is -1.28. The quantitative estimate of drug-likeness (QED) is 0.149. The Balaban J connectivity index is 2.95. The Morgan fingerprint density at radius 3 is 2.00 bits per heavy atom. The van der Waals surface area contributed by atoms with Crippen LogP contribution in [-0.2, 0) is 30.4 Å². The first-order valence-electron chi connectivity index (χ1n) is 10.5. The number of phenolic OH excluding ortho intramolecular Hbond substituents is 1. The average molecular weight is 498 g/mol. The van der Waals surface area contributed by atoms with Gasteiger partial charge in [0.15, 0.2) is 0 Å². The van der Waals surface area contributed by atoms with Gasteiger partial charge in [-0.2, -0.15) is 11.8 Å². The van der Waals surface area contributed by atoms with E-state index in [0.717, 1.165) is 0 Å². The molecule has 3 unspecified atom stereocenters. The Morgan fingerprint density at radius 1 is 0.941 bits per heavy atom. The number of nitrogens with two attached hydrogens (primary N) is 2. The molecule has 0 bridgehead atoms. The van der Waals surface area contributed by atoms with Crippen molar-refractivity contribution in [3.63, 3.8) is 0 Å². The van der Waals surface area contributed by atoms with Gasteiger partial charge in [-0.1, -0.05) is 12.1 Å². The minimum absolute atomic E-state index is 0.0205. The number of hydrogen-bond acceptors (Lipinski definition) is 8. The van der Waals surface area contributed by atoms with Crippen LogP contribution in [0.15, 0.2) is 24.3 Å². The van der Waals surface area contributed by atoms with Gasteiger partial charge in [0.25, 0.3) is 0 Å². The number of carboxylic acid groups (broad SMARTS) is 1. The van der Waals surface area contributed by atoms with Crippen molar-refractivity contribution in [2.45, 2.75) is 43.8 Å². The van der Waals surface area contributed by atoms with E-state index in [1.165, 1.54) is 36.0 Å². The second-order valence-electron chi connectivity index (χ2n) is 7.44. The maximum atomic E-state index is 12.9. The van der Waals surface area contributed by atoms with Gasteiger partial charge >= 0.3 is 5.97 Å². The number of aliphatic carboxylic acids is 1. The van der Waals surface area contributed by atoms with Crippen LogP contribution in [0.25, 0.3) is 0 Å². The van der Waals surface area contributed by atoms with Gasteiger partial charge in [0.2, 0.25) is 23.6 Å². The van der Waals surface area contributed by atoms with Crippen molar-refractivity contribution in [2.75, 3.05) is 18.6 Å². The summed E-state index contributed by atoms with van der Waals surface area (Å²) in [5.41, 5.74) is 11.0. The molecule has 1 rings (SSSR count). The third kappa shape index (κ3) is 10.5. The SMILES string of the molecule is CSCCC(NC(=O)C(CCC(N)=O)NC(=O)CN)C(=O)NC(Cc1ccc(O)cc1)C(=O)O. The van der Waals surface area contributed by atoms with Crippen molar-refractivity contribution in [3.05, 3.63) is 29.8 Å². The van der Waals surface area contributed by atoms with Crippen molar-refractivity contribution in [1.29, 1.82) is 0 Å². The molecule has 0 aliphatic carbocycles. The Kier molecular flexibility index (Phi) is 12.5. The lowest BCUT2D eigenvalue weighted by atomic mass is 10.0. The highest BCUT2D eigenvalue weighted by molar-refractivity contribution is 7.98. The van der Waals surface area contributed by atoms with Crippen LogP contribution >= 0.6 is 11.8 Å². The van der Waals surface area contributed by atoms with Gasteiger partial charge in [-0.3, -0.25) is 19.2 Å². The second-order valence-corrected chi connectivity index (χ2v) is 8.43. The van der Waals surface area contributed by atoms with Crippen LogP contribution < -0.4 is 27.4 Å². The number of nitrogens with one attached hydrogen (secondary N) is 3. The molecular formula is C21H31N5O7S. The normalized spacial score (nSPS) is 13.2. The Hall–Kier alpha value is -3.32. The fraction of sp³-hybridized carbons (Fsp3) is 0.476. The van der Waals surface area contributed by atoms with Gasteiger partial charge in [0.05, 0.1) is 6.54 Å². The molecule has 188 valence electrons. The number of carbonyl (C=O) groups is 5. The first-order valence-corrected chi connectivity index (χ1v) is 11.8. The predicted molar refractivity (Wildman–Crippen MR) is 126 cm³/mol. The second kappa shape index (κ2) is 14.8. The van der Waals surface area contributed by atoms with Gasteiger partial charge in [-0.15, -0.1) is 0 Å². The standard InChI is InChI=1S/C21H31N5O7S/c1-34-9-8-15(25-19(30)14(6-7-17(23)28)24-18(29)11-22)20(31)26-16(21(32)33)10-12-2-4-13(27)5-3-12/h2-5,14-16,27H,6-11,22H2,1H3,(H2,23,28)(H,24,29)(H,25,30)(H,26,31)(H,32,33). The Bertz CT molecular complexity index is 866. The lowest BCUT2D eigenvalue weighted by Crippen LogP contribution is -2.56. The van der Waals surface area contributed by atoms with Crippen LogP contribution in [0.2, 0.25) is 0 Å². The molecule has 0 saturated heterocycles. The highest BCUT2D eigenvalue weighted by atomic mass is 32.2. The Morgan fingerprint density at radius 2 is 1.50 bits per heavy atom. The smallest absolute Gasteiger partial charge is 0.326 e. The summed E-state index contributed by atoms with van der Waals surface area (Å²) in [6.45, 7) is -0.381. The summed E-state index contributed by atoms with van der Waals surface area (Å²) in [7, 11) is 0. The third-order valence-corrected chi connectivity index (χ3v) is 5.39. The van der Waals surface area contributed by atoms with Crippen molar-refractivity contribution < 1.29 is 34.2 Å². The highest BCUT2D eigenvalue weighted by Gasteiger charge is 2.29. The van der Waals surface area contributed by atoms with Gasteiger partial charge in [0, 0.05) is 12.8 Å².